The highest BCUT2D eigenvalue weighted by Gasteiger charge is 2.16. The van der Waals surface area contributed by atoms with E-state index in [1.807, 2.05) is 18.5 Å². The second-order valence-corrected chi connectivity index (χ2v) is 5.50. The van der Waals surface area contributed by atoms with Gasteiger partial charge in [0.15, 0.2) is 5.78 Å². The Kier molecular flexibility index (Phi) is 4.42. The molecule has 0 atom stereocenters. The molecule has 0 amide bonds. The van der Waals surface area contributed by atoms with Gasteiger partial charge in [0.25, 0.3) is 0 Å². The van der Waals surface area contributed by atoms with E-state index in [4.69, 9.17) is 11.6 Å². The number of rotatable bonds is 4. The minimum atomic E-state index is 0.0396. The molecule has 0 bridgehead atoms. The van der Waals surface area contributed by atoms with Crippen LogP contribution in [0.15, 0.2) is 28.7 Å². The Hall–Kier alpha value is -1.13. The van der Waals surface area contributed by atoms with E-state index >= 15 is 0 Å². The van der Waals surface area contributed by atoms with E-state index in [9.17, 15) is 4.79 Å². The van der Waals surface area contributed by atoms with Crippen molar-refractivity contribution in [1.29, 1.82) is 0 Å². The van der Waals surface area contributed by atoms with Gasteiger partial charge in [0.2, 0.25) is 0 Å². The summed E-state index contributed by atoms with van der Waals surface area (Å²) in [7, 11) is 0. The van der Waals surface area contributed by atoms with Crippen molar-refractivity contribution >= 4 is 33.3 Å². The predicted octanol–water partition coefficient (Wildman–Crippen LogP) is 4.05. The molecule has 2 aromatic rings. The normalized spacial score (nSPS) is 10.7. The van der Waals surface area contributed by atoms with Crippen LogP contribution >= 0.6 is 27.5 Å². The summed E-state index contributed by atoms with van der Waals surface area (Å²) in [6.45, 7) is 4.67. The highest BCUT2D eigenvalue weighted by atomic mass is 79.9. The zero-order chi connectivity index (χ0) is 14.0. The summed E-state index contributed by atoms with van der Waals surface area (Å²) in [5.41, 5.74) is 2.43. The number of aryl methyl sites for hydroxylation is 2. The number of ketones is 1. The lowest BCUT2D eigenvalue weighted by Crippen LogP contribution is -2.10. The predicted molar refractivity (Wildman–Crippen MR) is 79.8 cm³/mol. The van der Waals surface area contributed by atoms with Gasteiger partial charge in [0.1, 0.15) is 0 Å². The maximum absolute atomic E-state index is 12.3. The number of nitrogens with zero attached hydrogens (tertiary/aromatic N) is 2. The van der Waals surface area contributed by atoms with Gasteiger partial charge in [0, 0.05) is 17.1 Å². The minimum Gasteiger partial charge on any atom is -0.294 e. The number of hydrogen-bond acceptors (Lipinski definition) is 2. The minimum absolute atomic E-state index is 0.0396. The molecule has 100 valence electrons. The molecule has 0 saturated carbocycles. The summed E-state index contributed by atoms with van der Waals surface area (Å²) >= 11 is 9.40. The van der Waals surface area contributed by atoms with Crippen molar-refractivity contribution in [2.24, 2.45) is 0 Å². The van der Waals surface area contributed by atoms with Crippen molar-refractivity contribution in [1.82, 2.24) is 9.78 Å². The first-order chi connectivity index (χ1) is 9.02. The van der Waals surface area contributed by atoms with E-state index < -0.39 is 0 Å². The SMILES string of the molecule is CCn1nc(C)c(Br)c1CC(=O)c1cccc(Cl)c1. The second kappa shape index (κ2) is 5.88. The molecule has 2 rings (SSSR count). The Bertz CT molecular complexity index is 622. The number of carbonyl (C=O) groups is 1. The first-order valence-corrected chi connectivity index (χ1v) is 7.20. The van der Waals surface area contributed by atoms with Crippen LogP contribution in [0.25, 0.3) is 0 Å². The fraction of sp³-hybridized carbons (Fsp3) is 0.286. The third kappa shape index (κ3) is 3.07. The van der Waals surface area contributed by atoms with Gasteiger partial charge in [-0.25, -0.2) is 0 Å². The van der Waals surface area contributed by atoms with Gasteiger partial charge < -0.3 is 0 Å². The molecule has 0 N–H and O–H groups in total. The van der Waals surface area contributed by atoms with Crippen LogP contribution in [0.2, 0.25) is 5.02 Å². The zero-order valence-corrected chi connectivity index (χ0v) is 13.1. The number of carbonyl (C=O) groups excluding carboxylic acids is 1. The summed E-state index contributed by atoms with van der Waals surface area (Å²) < 4.78 is 2.76. The third-order valence-electron chi connectivity index (χ3n) is 2.93. The average Bonchev–Trinajstić information content (AvgIpc) is 2.66. The van der Waals surface area contributed by atoms with Crippen LogP contribution in [0.1, 0.15) is 28.7 Å². The lowest BCUT2D eigenvalue weighted by atomic mass is 10.1. The van der Waals surface area contributed by atoms with Crippen LogP contribution in [0.4, 0.5) is 0 Å². The molecule has 19 heavy (non-hydrogen) atoms. The molecule has 0 aliphatic rings. The number of aromatic nitrogens is 2. The van der Waals surface area contributed by atoms with Crippen molar-refractivity contribution in [3.63, 3.8) is 0 Å². The Morgan fingerprint density at radius 2 is 2.21 bits per heavy atom. The lowest BCUT2D eigenvalue weighted by molar-refractivity contribution is 0.0990. The molecule has 0 fully saturated rings. The number of halogens is 2. The smallest absolute Gasteiger partial charge is 0.168 e. The van der Waals surface area contributed by atoms with Crippen molar-refractivity contribution in [3.05, 3.63) is 50.7 Å². The summed E-state index contributed by atoms with van der Waals surface area (Å²) in [4.78, 5) is 12.3. The summed E-state index contributed by atoms with van der Waals surface area (Å²) in [6, 6.07) is 7.01. The zero-order valence-electron chi connectivity index (χ0n) is 10.8. The van der Waals surface area contributed by atoms with Gasteiger partial charge in [0.05, 0.1) is 22.3 Å². The molecule has 1 aromatic carbocycles. The lowest BCUT2D eigenvalue weighted by Gasteiger charge is -2.05. The van der Waals surface area contributed by atoms with E-state index in [-0.39, 0.29) is 5.78 Å². The maximum Gasteiger partial charge on any atom is 0.168 e. The first kappa shape index (κ1) is 14.3. The van der Waals surface area contributed by atoms with E-state index in [0.29, 0.717) is 17.0 Å². The highest BCUT2D eigenvalue weighted by molar-refractivity contribution is 9.10. The topological polar surface area (TPSA) is 34.9 Å². The Morgan fingerprint density at radius 1 is 1.47 bits per heavy atom. The number of hydrogen-bond donors (Lipinski definition) is 0. The maximum atomic E-state index is 12.3. The highest BCUT2D eigenvalue weighted by Crippen LogP contribution is 2.23. The van der Waals surface area contributed by atoms with Gasteiger partial charge in [-0.15, -0.1) is 0 Å². The second-order valence-electron chi connectivity index (χ2n) is 4.27. The van der Waals surface area contributed by atoms with Gasteiger partial charge in [-0.2, -0.15) is 5.10 Å². The van der Waals surface area contributed by atoms with E-state index in [1.54, 1.807) is 24.3 Å². The van der Waals surface area contributed by atoms with Crippen molar-refractivity contribution in [3.8, 4) is 0 Å². The molecule has 1 heterocycles. The molecule has 0 aliphatic heterocycles. The molecule has 5 heteroatoms. The Labute approximate surface area is 125 Å². The largest absolute Gasteiger partial charge is 0.294 e. The fourth-order valence-electron chi connectivity index (χ4n) is 1.95. The van der Waals surface area contributed by atoms with Gasteiger partial charge in [-0.05, 0) is 41.9 Å². The van der Waals surface area contributed by atoms with Crippen molar-refractivity contribution < 1.29 is 4.79 Å². The summed E-state index contributed by atoms with van der Waals surface area (Å²) in [5, 5.41) is 4.96. The van der Waals surface area contributed by atoms with E-state index in [1.165, 1.54) is 0 Å². The molecule has 1 aromatic heterocycles. The van der Waals surface area contributed by atoms with Crippen LogP contribution < -0.4 is 0 Å². The van der Waals surface area contributed by atoms with Gasteiger partial charge in [-0.1, -0.05) is 23.7 Å². The summed E-state index contributed by atoms with van der Waals surface area (Å²) in [6.07, 6.45) is 0.315. The van der Waals surface area contributed by atoms with Crippen molar-refractivity contribution in [2.75, 3.05) is 0 Å². The van der Waals surface area contributed by atoms with Gasteiger partial charge in [-0.3, -0.25) is 9.48 Å². The third-order valence-corrected chi connectivity index (χ3v) is 4.19. The van der Waals surface area contributed by atoms with Crippen LogP contribution in [0.5, 0.6) is 0 Å². The van der Waals surface area contributed by atoms with Crippen LogP contribution in [0, 0.1) is 6.92 Å². The van der Waals surface area contributed by atoms with E-state index in [2.05, 4.69) is 21.0 Å². The summed E-state index contributed by atoms with van der Waals surface area (Å²) in [5.74, 6) is 0.0396. The van der Waals surface area contributed by atoms with Crippen molar-refractivity contribution in [2.45, 2.75) is 26.8 Å². The quantitative estimate of drug-likeness (QED) is 0.786. The first-order valence-electron chi connectivity index (χ1n) is 6.03. The van der Waals surface area contributed by atoms with Crippen LogP contribution in [0.3, 0.4) is 0 Å². The number of benzene rings is 1. The molecule has 0 saturated heterocycles. The van der Waals surface area contributed by atoms with Crippen LogP contribution in [-0.2, 0) is 13.0 Å². The molecule has 3 nitrogen and oxygen atoms in total. The van der Waals surface area contributed by atoms with Gasteiger partial charge >= 0.3 is 0 Å². The number of Topliss-reactive ketones (excluding diaryl/α,β-unsaturated/α-hetero) is 1. The molecular weight excluding hydrogens is 328 g/mol. The molecule has 0 aliphatic carbocycles. The molecule has 0 spiro atoms. The molecule has 0 unspecified atom stereocenters. The standard InChI is InChI=1S/C14H14BrClN2O/c1-3-18-12(14(15)9(2)17-18)8-13(19)10-5-4-6-11(16)7-10/h4-7H,3,8H2,1-2H3. The average molecular weight is 342 g/mol. The Balaban J connectivity index is 2.29. The van der Waals surface area contributed by atoms with Crippen LogP contribution in [-0.4, -0.2) is 15.6 Å². The fourth-order valence-corrected chi connectivity index (χ4v) is 2.57. The monoisotopic (exact) mass is 340 g/mol. The molecule has 0 radical (unpaired) electrons. The van der Waals surface area contributed by atoms with E-state index in [0.717, 1.165) is 22.4 Å². The Morgan fingerprint density at radius 3 is 2.84 bits per heavy atom. The molecular formula is C14H14BrClN2O.